The van der Waals surface area contributed by atoms with Crippen molar-refractivity contribution in [3.8, 4) is 0 Å². The standard InChI is InChI=1S/C6H7N5/c7-4-3-11-5(8)1-10-6(11)2-9-4/h1-3H,7-8H2. The Labute approximate surface area is 62.7 Å². The van der Waals surface area contributed by atoms with Gasteiger partial charge in [-0.15, -0.1) is 0 Å². The van der Waals surface area contributed by atoms with Gasteiger partial charge in [0.15, 0.2) is 5.65 Å². The highest BCUT2D eigenvalue weighted by Gasteiger charge is 1.98. The molecule has 0 aliphatic carbocycles. The van der Waals surface area contributed by atoms with Crippen LogP contribution in [-0.2, 0) is 0 Å². The Hall–Kier alpha value is -1.78. The highest BCUT2D eigenvalue weighted by molar-refractivity contribution is 5.48. The first-order chi connectivity index (χ1) is 5.27. The smallest absolute Gasteiger partial charge is 0.157 e. The van der Waals surface area contributed by atoms with Gasteiger partial charge in [0.2, 0.25) is 0 Å². The van der Waals surface area contributed by atoms with Gasteiger partial charge in [-0.1, -0.05) is 0 Å². The molecule has 0 amide bonds. The Kier molecular flexibility index (Phi) is 1.00. The van der Waals surface area contributed by atoms with Crippen molar-refractivity contribution in [1.29, 1.82) is 0 Å². The predicted molar refractivity (Wildman–Crippen MR) is 41.8 cm³/mol. The Morgan fingerprint density at radius 2 is 2.00 bits per heavy atom. The Morgan fingerprint density at radius 3 is 2.82 bits per heavy atom. The molecule has 11 heavy (non-hydrogen) atoms. The van der Waals surface area contributed by atoms with Crippen LogP contribution in [0, 0.1) is 0 Å². The van der Waals surface area contributed by atoms with Crippen molar-refractivity contribution in [3.05, 3.63) is 18.6 Å². The number of fused-ring (bicyclic) bond motifs is 1. The number of imidazole rings is 1. The third-order valence-corrected chi connectivity index (χ3v) is 1.44. The molecule has 5 nitrogen and oxygen atoms in total. The van der Waals surface area contributed by atoms with E-state index in [1.165, 1.54) is 0 Å². The Bertz CT molecular complexity index is 391. The van der Waals surface area contributed by atoms with Gasteiger partial charge >= 0.3 is 0 Å². The van der Waals surface area contributed by atoms with E-state index in [0.717, 1.165) is 0 Å². The van der Waals surface area contributed by atoms with E-state index >= 15 is 0 Å². The van der Waals surface area contributed by atoms with Crippen LogP contribution in [-0.4, -0.2) is 14.4 Å². The van der Waals surface area contributed by atoms with Crippen LogP contribution in [0.3, 0.4) is 0 Å². The number of nitrogens with two attached hydrogens (primary N) is 2. The Balaban J connectivity index is 2.87. The average molecular weight is 149 g/mol. The van der Waals surface area contributed by atoms with E-state index in [4.69, 9.17) is 11.5 Å². The number of rotatable bonds is 0. The molecule has 0 aromatic carbocycles. The van der Waals surface area contributed by atoms with Crippen LogP contribution in [0.4, 0.5) is 11.6 Å². The summed E-state index contributed by atoms with van der Waals surface area (Å²) in [4.78, 5) is 7.84. The maximum Gasteiger partial charge on any atom is 0.157 e. The maximum atomic E-state index is 5.56. The molecule has 5 heteroatoms. The highest BCUT2D eigenvalue weighted by atomic mass is 15.1. The van der Waals surface area contributed by atoms with Crippen LogP contribution in [0.5, 0.6) is 0 Å². The summed E-state index contributed by atoms with van der Waals surface area (Å²) in [6, 6.07) is 0. The molecule has 2 heterocycles. The van der Waals surface area contributed by atoms with Crippen LogP contribution in [0.15, 0.2) is 18.6 Å². The molecule has 2 aromatic rings. The molecule has 0 bridgehead atoms. The first-order valence-electron chi connectivity index (χ1n) is 3.11. The fourth-order valence-electron chi connectivity index (χ4n) is 0.923. The summed E-state index contributed by atoms with van der Waals surface area (Å²) >= 11 is 0. The van der Waals surface area contributed by atoms with E-state index in [0.29, 0.717) is 17.3 Å². The predicted octanol–water partition coefficient (Wildman–Crippen LogP) is -0.106. The summed E-state index contributed by atoms with van der Waals surface area (Å²) < 4.78 is 1.68. The molecule has 0 fully saturated rings. The molecule has 56 valence electrons. The molecule has 0 unspecified atom stereocenters. The lowest BCUT2D eigenvalue weighted by atomic mass is 10.6. The van der Waals surface area contributed by atoms with Gasteiger partial charge in [0.05, 0.1) is 18.6 Å². The molecule has 0 saturated heterocycles. The van der Waals surface area contributed by atoms with Crippen molar-refractivity contribution in [3.63, 3.8) is 0 Å². The van der Waals surface area contributed by atoms with Crippen molar-refractivity contribution < 1.29 is 0 Å². The van der Waals surface area contributed by atoms with Gasteiger partial charge in [-0.3, -0.25) is 4.40 Å². The SMILES string of the molecule is Nc1cn2c(N)cnc2cn1. The third-order valence-electron chi connectivity index (χ3n) is 1.44. The van der Waals surface area contributed by atoms with Crippen LogP contribution in [0.1, 0.15) is 0 Å². The molecular formula is C6H7N5. The molecule has 4 N–H and O–H groups in total. The van der Waals surface area contributed by atoms with Crippen LogP contribution < -0.4 is 11.5 Å². The van der Waals surface area contributed by atoms with E-state index in [1.807, 2.05) is 0 Å². The zero-order chi connectivity index (χ0) is 7.84. The fourth-order valence-corrected chi connectivity index (χ4v) is 0.923. The maximum absolute atomic E-state index is 5.56. The summed E-state index contributed by atoms with van der Waals surface area (Å²) in [5.74, 6) is 0.997. The molecule has 2 rings (SSSR count). The minimum atomic E-state index is 0.433. The number of hydrogen-bond acceptors (Lipinski definition) is 4. The fraction of sp³-hybridized carbons (Fsp3) is 0. The number of nitrogens with zero attached hydrogens (tertiary/aromatic N) is 3. The van der Waals surface area contributed by atoms with Crippen molar-refractivity contribution in [2.24, 2.45) is 0 Å². The molecule has 0 aliphatic heterocycles. The van der Waals surface area contributed by atoms with Crippen molar-refractivity contribution in [2.45, 2.75) is 0 Å². The second kappa shape index (κ2) is 1.85. The van der Waals surface area contributed by atoms with Crippen molar-refractivity contribution in [1.82, 2.24) is 14.4 Å². The topological polar surface area (TPSA) is 82.2 Å². The van der Waals surface area contributed by atoms with Gasteiger partial charge in [-0.25, -0.2) is 9.97 Å². The lowest BCUT2D eigenvalue weighted by molar-refractivity contribution is 1.14. The van der Waals surface area contributed by atoms with E-state index in [1.54, 1.807) is 23.0 Å². The normalized spacial score (nSPS) is 10.5. The zero-order valence-electron chi connectivity index (χ0n) is 5.73. The first-order valence-corrected chi connectivity index (χ1v) is 3.11. The van der Waals surface area contributed by atoms with Gasteiger partial charge in [0, 0.05) is 0 Å². The van der Waals surface area contributed by atoms with Crippen LogP contribution in [0.2, 0.25) is 0 Å². The minimum absolute atomic E-state index is 0.433. The number of nitrogen functional groups attached to an aromatic ring is 2. The summed E-state index contributed by atoms with van der Waals surface area (Å²) in [5.41, 5.74) is 11.7. The number of hydrogen-bond donors (Lipinski definition) is 2. The molecule has 0 saturated carbocycles. The summed E-state index contributed by atoms with van der Waals surface area (Å²) in [6.07, 6.45) is 4.78. The van der Waals surface area contributed by atoms with E-state index < -0.39 is 0 Å². The largest absolute Gasteiger partial charge is 0.383 e. The molecule has 0 radical (unpaired) electrons. The third kappa shape index (κ3) is 0.778. The Morgan fingerprint density at radius 1 is 1.18 bits per heavy atom. The molecule has 0 spiro atoms. The van der Waals surface area contributed by atoms with Gasteiger partial charge in [-0.2, -0.15) is 0 Å². The summed E-state index contributed by atoms with van der Waals surface area (Å²) in [6.45, 7) is 0. The first kappa shape index (κ1) is 5.96. The monoisotopic (exact) mass is 149 g/mol. The number of aromatic nitrogens is 3. The summed E-state index contributed by atoms with van der Waals surface area (Å²) in [7, 11) is 0. The molecule has 0 atom stereocenters. The second-order valence-corrected chi connectivity index (χ2v) is 2.22. The van der Waals surface area contributed by atoms with E-state index in [9.17, 15) is 0 Å². The van der Waals surface area contributed by atoms with Crippen LogP contribution in [0.25, 0.3) is 5.65 Å². The number of anilines is 2. The molecule has 2 aromatic heterocycles. The van der Waals surface area contributed by atoms with E-state index in [-0.39, 0.29) is 0 Å². The van der Waals surface area contributed by atoms with Gasteiger partial charge in [0.1, 0.15) is 11.6 Å². The van der Waals surface area contributed by atoms with Crippen LogP contribution >= 0.6 is 0 Å². The molecule has 0 aliphatic rings. The summed E-state index contributed by atoms with van der Waals surface area (Å²) in [5, 5.41) is 0. The minimum Gasteiger partial charge on any atom is -0.383 e. The quantitative estimate of drug-likeness (QED) is 0.547. The van der Waals surface area contributed by atoms with E-state index in [2.05, 4.69) is 9.97 Å². The average Bonchev–Trinajstić information content (AvgIpc) is 2.33. The zero-order valence-corrected chi connectivity index (χ0v) is 5.73. The van der Waals surface area contributed by atoms with Gasteiger partial charge in [-0.05, 0) is 0 Å². The van der Waals surface area contributed by atoms with Crippen molar-refractivity contribution >= 4 is 17.3 Å². The molecular weight excluding hydrogens is 142 g/mol. The highest BCUT2D eigenvalue weighted by Crippen LogP contribution is 2.07. The van der Waals surface area contributed by atoms with Gasteiger partial charge in [0.25, 0.3) is 0 Å². The van der Waals surface area contributed by atoms with Crippen molar-refractivity contribution in [2.75, 3.05) is 11.5 Å². The lowest BCUT2D eigenvalue weighted by Gasteiger charge is -1.95. The van der Waals surface area contributed by atoms with Gasteiger partial charge < -0.3 is 11.5 Å². The lowest BCUT2D eigenvalue weighted by Crippen LogP contribution is -1.96. The second-order valence-electron chi connectivity index (χ2n) is 2.22.